The van der Waals surface area contributed by atoms with Crippen LogP contribution in [-0.2, 0) is 6.54 Å². The lowest BCUT2D eigenvalue weighted by Crippen LogP contribution is -2.24. The largest absolute Gasteiger partial charge is 0.488 e. The molecule has 0 fully saturated rings. The van der Waals surface area contributed by atoms with Crippen molar-refractivity contribution in [3.63, 3.8) is 0 Å². The lowest BCUT2D eigenvalue weighted by Gasteiger charge is -2.17. The summed E-state index contributed by atoms with van der Waals surface area (Å²) in [5, 5.41) is 3.49. The van der Waals surface area contributed by atoms with Crippen molar-refractivity contribution in [3.05, 3.63) is 58.5 Å². The fourth-order valence-corrected chi connectivity index (χ4v) is 5.20. The molecule has 5 nitrogen and oxygen atoms in total. The van der Waals surface area contributed by atoms with Gasteiger partial charge in [0.05, 0.1) is 12.8 Å². The number of hydrogen-bond acceptors (Lipinski definition) is 4. The molecule has 5 heteroatoms. The zero-order valence-corrected chi connectivity index (χ0v) is 26.1. The van der Waals surface area contributed by atoms with Crippen LogP contribution in [0.5, 0.6) is 5.75 Å². The standard InChI is InChI=1S/C35H59N3O2/c1-4-5-6-7-8-9-10-11-12-13-14-15-16-17-18-22-28-40-35-31-38(32-24-20-19-21-25-32)33(29-34(35)39)30-36-26-23-27-37(2)3/h19-21,24-25,29,31,36H,4-18,22-23,26-28,30H2,1-3H3. The number of benzene rings is 1. The predicted octanol–water partition coefficient (Wildman–Crippen LogP) is 8.52. The van der Waals surface area contributed by atoms with E-state index >= 15 is 0 Å². The number of nitrogens with one attached hydrogen (secondary N) is 1. The third-order valence-electron chi connectivity index (χ3n) is 7.65. The molecule has 2 rings (SSSR count). The highest BCUT2D eigenvalue weighted by atomic mass is 16.5. The smallest absolute Gasteiger partial charge is 0.223 e. The quantitative estimate of drug-likeness (QED) is 0.125. The first kappa shape index (κ1) is 34.1. The second-order valence-corrected chi connectivity index (χ2v) is 11.7. The molecular formula is C35H59N3O2. The highest BCUT2D eigenvalue weighted by Gasteiger charge is 2.10. The van der Waals surface area contributed by atoms with E-state index in [1.165, 1.54) is 96.3 Å². The Bertz CT molecular complexity index is 926. The van der Waals surface area contributed by atoms with Gasteiger partial charge < -0.3 is 19.5 Å². The van der Waals surface area contributed by atoms with Crippen LogP contribution in [0.3, 0.4) is 0 Å². The van der Waals surface area contributed by atoms with E-state index in [0.29, 0.717) is 18.9 Å². The molecule has 40 heavy (non-hydrogen) atoms. The maximum absolute atomic E-state index is 12.8. The van der Waals surface area contributed by atoms with Gasteiger partial charge in [-0.2, -0.15) is 0 Å². The van der Waals surface area contributed by atoms with Gasteiger partial charge in [0.1, 0.15) is 0 Å². The Hall–Kier alpha value is -2.11. The SMILES string of the molecule is CCCCCCCCCCCCCCCCCCOc1cn(-c2ccccc2)c(CNCCCN(C)C)cc1=O. The summed E-state index contributed by atoms with van der Waals surface area (Å²) in [6, 6.07) is 11.9. The predicted molar refractivity (Wildman–Crippen MR) is 172 cm³/mol. The third kappa shape index (κ3) is 15.6. The molecular weight excluding hydrogens is 494 g/mol. The molecule has 1 aromatic heterocycles. The summed E-state index contributed by atoms with van der Waals surface area (Å²) in [6.45, 7) is 5.50. The highest BCUT2D eigenvalue weighted by molar-refractivity contribution is 5.37. The van der Waals surface area contributed by atoms with E-state index in [2.05, 4.69) is 47.9 Å². The van der Waals surface area contributed by atoms with Crippen LogP contribution in [0.25, 0.3) is 5.69 Å². The molecule has 0 aliphatic rings. The first-order chi connectivity index (χ1) is 19.6. The number of aromatic nitrogens is 1. The summed E-state index contributed by atoms with van der Waals surface area (Å²) < 4.78 is 8.07. The maximum atomic E-state index is 12.8. The third-order valence-corrected chi connectivity index (χ3v) is 7.65. The van der Waals surface area contributed by atoms with E-state index in [-0.39, 0.29) is 5.43 Å². The van der Waals surface area contributed by atoms with Crippen LogP contribution in [0, 0.1) is 0 Å². The van der Waals surface area contributed by atoms with Crippen LogP contribution >= 0.6 is 0 Å². The Morgan fingerprint density at radius 3 is 1.85 bits per heavy atom. The molecule has 0 amide bonds. The number of rotatable bonds is 25. The molecule has 0 spiro atoms. The fourth-order valence-electron chi connectivity index (χ4n) is 5.20. The van der Waals surface area contributed by atoms with Crippen LogP contribution in [0.15, 0.2) is 47.4 Å². The molecule has 226 valence electrons. The molecule has 0 radical (unpaired) electrons. The first-order valence-electron chi connectivity index (χ1n) is 16.4. The van der Waals surface area contributed by atoms with Crippen molar-refractivity contribution in [2.45, 2.75) is 123 Å². The van der Waals surface area contributed by atoms with Gasteiger partial charge in [0, 0.05) is 24.0 Å². The number of unbranched alkanes of at least 4 members (excludes halogenated alkanes) is 15. The van der Waals surface area contributed by atoms with Crippen molar-refractivity contribution >= 4 is 0 Å². The molecule has 0 unspecified atom stereocenters. The average molecular weight is 554 g/mol. The Balaban J connectivity index is 1.62. The molecule has 1 aromatic carbocycles. The average Bonchev–Trinajstić information content (AvgIpc) is 2.95. The van der Waals surface area contributed by atoms with Gasteiger partial charge in [0.2, 0.25) is 5.43 Å². The Morgan fingerprint density at radius 1 is 0.750 bits per heavy atom. The normalized spacial score (nSPS) is 11.4. The Kier molecular flexibility index (Phi) is 19.2. The molecule has 0 atom stereocenters. The van der Waals surface area contributed by atoms with Gasteiger partial charge in [-0.3, -0.25) is 4.79 Å². The van der Waals surface area contributed by atoms with Gasteiger partial charge in [-0.05, 0) is 52.2 Å². The molecule has 0 aliphatic heterocycles. The fraction of sp³-hybridized carbons (Fsp3) is 0.686. The summed E-state index contributed by atoms with van der Waals surface area (Å²) in [5.41, 5.74) is 1.96. The summed E-state index contributed by atoms with van der Waals surface area (Å²) in [7, 11) is 4.18. The van der Waals surface area contributed by atoms with Crippen LogP contribution in [0.2, 0.25) is 0 Å². The maximum Gasteiger partial charge on any atom is 0.223 e. The molecule has 1 heterocycles. The molecule has 0 saturated carbocycles. The van der Waals surface area contributed by atoms with Crippen molar-refractivity contribution in [2.75, 3.05) is 33.8 Å². The lowest BCUT2D eigenvalue weighted by molar-refractivity contribution is 0.299. The number of pyridine rings is 1. The minimum atomic E-state index is -0.0336. The summed E-state index contributed by atoms with van der Waals surface area (Å²) in [6.07, 6.45) is 24.6. The van der Waals surface area contributed by atoms with Gasteiger partial charge in [0.15, 0.2) is 5.75 Å². The minimum absolute atomic E-state index is 0.0336. The van der Waals surface area contributed by atoms with Crippen molar-refractivity contribution < 1.29 is 4.74 Å². The first-order valence-corrected chi connectivity index (χ1v) is 16.4. The van der Waals surface area contributed by atoms with Crippen LogP contribution in [0.4, 0.5) is 0 Å². The van der Waals surface area contributed by atoms with Gasteiger partial charge in [0.25, 0.3) is 0 Å². The van der Waals surface area contributed by atoms with Crippen molar-refractivity contribution in [1.29, 1.82) is 0 Å². The van der Waals surface area contributed by atoms with Gasteiger partial charge in [-0.1, -0.05) is 121 Å². The highest BCUT2D eigenvalue weighted by Crippen LogP contribution is 2.16. The van der Waals surface area contributed by atoms with E-state index in [1.54, 1.807) is 6.07 Å². The van der Waals surface area contributed by atoms with Crippen LogP contribution in [0.1, 0.15) is 122 Å². The number of nitrogens with zero attached hydrogens (tertiary/aromatic N) is 2. The zero-order chi connectivity index (χ0) is 28.7. The van der Waals surface area contributed by atoms with E-state index < -0.39 is 0 Å². The number of para-hydroxylation sites is 1. The molecule has 0 saturated heterocycles. The van der Waals surface area contributed by atoms with Crippen LogP contribution in [-0.4, -0.2) is 43.3 Å². The van der Waals surface area contributed by atoms with E-state index in [9.17, 15) is 4.79 Å². The van der Waals surface area contributed by atoms with Crippen molar-refractivity contribution in [1.82, 2.24) is 14.8 Å². The van der Waals surface area contributed by atoms with Crippen molar-refractivity contribution in [3.8, 4) is 11.4 Å². The number of hydrogen-bond donors (Lipinski definition) is 1. The summed E-state index contributed by atoms with van der Waals surface area (Å²) in [5.74, 6) is 0.446. The number of ether oxygens (including phenoxy) is 1. The van der Waals surface area contributed by atoms with E-state index in [1.807, 2.05) is 24.4 Å². The zero-order valence-electron chi connectivity index (χ0n) is 26.1. The second kappa shape index (κ2) is 22.6. The topological polar surface area (TPSA) is 46.5 Å². The van der Waals surface area contributed by atoms with Crippen molar-refractivity contribution in [2.24, 2.45) is 0 Å². The second-order valence-electron chi connectivity index (χ2n) is 11.7. The summed E-state index contributed by atoms with van der Waals surface area (Å²) >= 11 is 0. The monoisotopic (exact) mass is 553 g/mol. The molecule has 0 bridgehead atoms. The van der Waals surface area contributed by atoms with Gasteiger partial charge in [-0.15, -0.1) is 0 Å². The minimum Gasteiger partial charge on any atom is -0.488 e. The van der Waals surface area contributed by atoms with E-state index in [4.69, 9.17) is 4.74 Å². The lowest BCUT2D eigenvalue weighted by atomic mass is 10.0. The van der Waals surface area contributed by atoms with E-state index in [0.717, 1.165) is 37.3 Å². The summed E-state index contributed by atoms with van der Waals surface area (Å²) in [4.78, 5) is 15.0. The molecule has 2 aromatic rings. The molecule has 1 N–H and O–H groups in total. The van der Waals surface area contributed by atoms with Gasteiger partial charge in [-0.25, -0.2) is 0 Å². The Morgan fingerprint density at radius 2 is 1.30 bits per heavy atom. The van der Waals surface area contributed by atoms with Crippen LogP contribution < -0.4 is 15.5 Å². The van der Waals surface area contributed by atoms with Gasteiger partial charge >= 0.3 is 0 Å². The molecule has 0 aliphatic carbocycles. The Labute approximate surface area is 245 Å².